The summed E-state index contributed by atoms with van der Waals surface area (Å²) < 4.78 is 31.8. The number of rotatable bonds is 1. The van der Waals surface area contributed by atoms with Gasteiger partial charge in [0.15, 0.2) is 0 Å². The van der Waals surface area contributed by atoms with Gasteiger partial charge in [-0.05, 0) is 17.7 Å². The molecule has 0 radical (unpaired) electrons. The van der Waals surface area contributed by atoms with Crippen molar-refractivity contribution in [1.82, 2.24) is 5.32 Å². The summed E-state index contributed by atoms with van der Waals surface area (Å²) in [6.45, 7) is 0.185. The first kappa shape index (κ1) is 14.4. The van der Waals surface area contributed by atoms with Crippen LogP contribution < -0.4 is 5.32 Å². The van der Waals surface area contributed by atoms with Crippen molar-refractivity contribution in [3.63, 3.8) is 0 Å². The number of alkyl halides is 2. The van der Waals surface area contributed by atoms with Crippen molar-refractivity contribution in [3.8, 4) is 0 Å². The lowest BCUT2D eigenvalue weighted by molar-refractivity contribution is -0.126. The third kappa shape index (κ3) is 2.14. The molecular weight excluding hydrogens is 348 g/mol. The summed E-state index contributed by atoms with van der Waals surface area (Å²) in [6.07, 6.45) is -0.604. The van der Waals surface area contributed by atoms with Gasteiger partial charge in [-0.1, -0.05) is 15.9 Å². The molecule has 1 fully saturated rings. The smallest absolute Gasteiger partial charge is 0.337 e. The predicted octanol–water partition coefficient (Wildman–Crippen LogP) is 2.65. The first-order valence-electron chi connectivity index (χ1n) is 6.36. The van der Waals surface area contributed by atoms with E-state index in [0.29, 0.717) is 10.0 Å². The molecule has 1 spiro atoms. The van der Waals surface area contributed by atoms with Crippen LogP contribution in [0.3, 0.4) is 0 Å². The first-order chi connectivity index (χ1) is 9.78. The summed E-state index contributed by atoms with van der Waals surface area (Å²) in [5.41, 5.74) is 0.262. The van der Waals surface area contributed by atoms with Crippen molar-refractivity contribution >= 4 is 27.8 Å². The van der Waals surface area contributed by atoms with Crippen molar-refractivity contribution in [2.45, 2.75) is 24.2 Å². The molecule has 21 heavy (non-hydrogen) atoms. The summed E-state index contributed by atoms with van der Waals surface area (Å²) in [6, 6.07) is 2.92. The van der Waals surface area contributed by atoms with E-state index in [1.807, 2.05) is 0 Å². The Hall–Kier alpha value is -1.50. The van der Waals surface area contributed by atoms with E-state index in [2.05, 4.69) is 26.0 Å². The molecule has 0 atom stereocenters. The Balaban J connectivity index is 2.13. The number of carbonyl (C=O) groups excluding carboxylic acids is 2. The lowest BCUT2D eigenvalue weighted by Crippen LogP contribution is -2.59. The van der Waals surface area contributed by atoms with E-state index in [1.54, 1.807) is 0 Å². The Kier molecular flexibility index (Phi) is 3.09. The molecule has 1 aromatic carbocycles. The van der Waals surface area contributed by atoms with Crippen LogP contribution >= 0.6 is 15.9 Å². The number of carbonyl (C=O) groups is 2. The Bertz CT molecular complexity index is 652. The Morgan fingerprint density at radius 3 is 2.62 bits per heavy atom. The van der Waals surface area contributed by atoms with Gasteiger partial charge in [-0.25, -0.2) is 13.6 Å². The maximum atomic E-state index is 13.4. The molecule has 1 amide bonds. The van der Waals surface area contributed by atoms with E-state index in [0.717, 1.165) is 0 Å². The molecule has 0 aromatic heterocycles. The van der Waals surface area contributed by atoms with E-state index in [-0.39, 0.29) is 36.4 Å². The Labute approximate surface area is 128 Å². The summed E-state index contributed by atoms with van der Waals surface area (Å²) in [4.78, 5) is 23.6. The number of methoxy groups -OCH3 is 1. The first-order valence-corrected chi connectivity index (χ1v) is 7.16. The molecule has 1 aliphatic heterocycles. The highest BCUT2D eigenvalue weighted by Crippen LogP contribution is 2.56. The van der Waals surface area contributed by atoms with E-state index >= 15 is 0 Å². The topological polar surface area (TPSA) is 55.4 Å². The van der Waals surface area contributed by atoms with Crippen molar-refractivity contribution in [2.24, 2.45) is 0 Å². The van der Waals surface area contributed by atoms with Gasteiger partial charge in [0.25, 0.3) is 5.91 Å². The van der Waals surface area contributed by atoms with Gasteiger partial charge in [0.05, 0.1) is 12.7 Å². The monoisotopic (exact) mass is 359 g/mol. The molecule has 0 unspecified atom stereocenters. The lowest BCUT2D eigenvalue weighted by Gasteiger charge is -2.50. The highest BCUT2D eigenvalue weighted by atomic mass is 79.9. The molecule has 0 saturated heterocycles. The minimum Gasteiger partial charge on any atom is -0.465 e. The summed E-state index contributed by atoms with van der Waals surface area (Å²) in [7, 11) is 1.24. The van der Waals surface area contributed by atoms with Crippen molar-refractivity contribution in [2.75, 3.05) is 13.7 Å². The number of esters is 1. The lowest BCUT2D eigenvalue weighted by atomic mass is 9.59. The number of hydrogen-bond donors (Lipinski definition) is 1. The number of fused-ring (bicyclic) bond motifs is 2. The van der Waals surface area contributed by atoms with Gasteiger partial charge >= 0.3 is 5.97 Å². The van der Waals surface area contributed by atoms with Crippen LogP contribution in [0.4, 0.5) is 8.78 Å². The van der Waals surface area contributed by atoms with Gasteiger partial charge < -0.3 is 10.1 Å². The van der Waals surface area contributed by atoms with Crippen LogP contribution in [0.15, 0.2) is 16.6 Å². The number of amides is 1. The van der Waals surface area contributed by atoms with Gasteiger partial charge in [-0.2, -0.15) is 0 Å². The molecule has 1 N–H and O–H groups in total. The molecule has 1 heterocycles. The van der Waals surface area contributed by atoms with Crippen LogP contribution in [0.5, 0.6) is 0 Å². The van der Waals surface area contributed by atoms with Gasteiger partial charge in [0.1, 0.15) is 0 Å². The van der Waals surface area contributed by atoms with E-state index in [4.69, 9.17) is 0 Å². The average Bonchev–Trinajstić information content (AvgIpc) is 2.39. The third-order valence-electron chi connectivity index (χ3n) is 4.07. The second-order valence-corrected chi connectivity index (χ2v) is 6.40. The third-order valence-corrected chi connectivity index (χ3v) is 4.69. The SMILES string of the molecule is COC(=O)c1cc(Br)c2c(c1)C(=O)NCC21CC(F)(F)C1. The highest BCUT2D eigenvalue weighted by Gasteiger charge is 2.60. The summed E-state index contributed by atoms with van der Waals surface area (Å²) >= 11 is 3.31. The zero-order valence-electron chi connectivity index (χ0n) is 11.1. The molecule has 2 aliphatic rings. The standard InChI is InChI=1S/C14H12BrF2NO3/c1-21-12(20)7-2-8-10(9(15)3-7)13(6-18-11(8)19)4-14(16,17)5-13/h2-3H,4-6H2,1H3,(H,18,19). The zero-order chi connectivity index (χ0) is 15.4. The van der Waals surface area contributed by atoms with E-state index < -0.39 is 17.3 Å². The molecule has 112 valence electrons. The van der Waals surface area contributed by atoms with Gasteiger partial charge in [0.2, 0.25) is 5.92 Å². The van der Waals surface area contributed by atoms with Crippen LogP contribution in [0.2, 0.25) is 0 Å². The van der Waals surface area contributed by atoms with Crippen LogP contribution in [0, 0.1) is 0 Å². The normalized spacial score (nSPS) is 21.2. The Morgan fingerprint density at radius 2 is 2.05 bits per heavy atom. The molecule has 1 aromatic rings. The predicted molar refractivity (Wildman–Crippen MR) is 73.7 cm³/mol. The fourth-order valence-corrected chi connectivity index (χ4v) is 4.11. The van der Waals surface area contributed by atoms with Crippen LogP contribution in [0.25, 0.3) is 0 Å². The minimum absolute atomic E-state index is 0.185. The number of hydrogen-bond acceptors (Lipinski definition) is 3. The fraction of sp³-hybridized carbons (Fsp3) is 0.429. The molecule has 4 nitrogen and oxygen atoms in total. The van der Waals surface area contributed by atoms with Crippen molar-refractivity contribution < 1.29 is 23.1 Å². The molecular formula is C14H12BrF2NO3. The summed E-state index contributed by atoms with van der Waals surface area (Å²) in [5.74, 6) is -3.65. The second kappa shape index (κ2) is 4.50. The van der Waals surface area contributed by atoms with Crippen molar-refractivity contribution in [3.05, 3.63) is 33.3 Å². The second-order valence-electron chi connectivity index (χ2n) is 5.54. The van der Waals surface area contributed by atoms with Crippen LogP contribution in [-0.2, 0) is 10.2 Å². The van der Waals surface area contributed by atoms with Gasteiger partial charge in [0, 0.05) is 34.8 Å². The largest absolute Gasteiger partial charge is 0.465 e. The minimum atomic E-state index is -2.71. The quantitative estimate of drug-likeness (QED) is 0.784. The highest BCUT2D eigenvalue weighted by molar-refractivity contribution is 9.10. The number of halogens is 3. The number of nitrogens with one attached hydrogen (secondary N) is 1. The maximum Gasteiger partial charge on any atom is 0.337 e. The van der Waals surface area contributed by atoms with E-state index in [9.17, 15) is 18.4 Å². The molecule has 0 bridgehead atoms. The van der Waals surface area contributed by atoms with Crippen LogP contribution in [0.1, 0.15) is 39.1 Å². The molecule has 1 aliphatic carbocycles. The number of benzene rings is 1. The zero-order valence-corrected chi connectivity index (χ0v) is 12.7. The van der Waals surface area contributed by atoms with Crippen molar-refractivity contribution in [1.29, 1.82) is 0 Å². The number of ether oxygens (including phenoxy) is 1. The molecule has 3 rings (SSSR count). The average molecular weight is 360 g/mol. The molecule has 7 heteroatoms. The Morgan fingerprint density at radius 1 is 1.38 bits per heavy atom. The molecule has 1 saturated carbocycles. The fourth-order valence-electron chi connectivity index (χ4n) is 3.23. The maximum absolute atomic E-state index is 13.4. The van der Waals surface area contributed by atoms with Gasteiger partial charge in [-0.15, -0.1) is 0 Å². The van der Waals surface area contributed by atoms with Gasteiger partial charge in [-0.3, -0.25) is 4.79 Å². The van der Waals surface area contributed by atoms with E-state index in [1.165, 1.54) is 19.2 Å². The van der Waals surface area contributed by atoms with Crippen LogP contribution in [-0.4, -0.2) is 31.5 Å². The summed E-state index contributed by atoms with van der Waals surface area (Å²) in [5, 5.41) is 2.63.